The molecule has 0 spiro atoms. The van der Waals surface area contributed by atoms with Crippen molar-refractivity contribution in [2.45, 2.75) is 16.0 Å². The fourth-order valence-electron chi connectivity index (χ4n) is 2.25. The number of hydrogen-bond acceptors (Lipinski definition) is 5. The lowest BCUT2D eigenvalue weighted by Gasteiger charge is -2.17. The summed E-state index contributed by atoms with van der Waals surface area (Å²) in [5, 5.41) is 2.36. The molecule has 0 unspecified atom stereocenters. The summed E-state index contributed by atoms with van der Waals surface area (Å²) < 4.78 is 45.4. The van der Waals surface area contributed by atoms with Crippen LogP contribution in [0.1, 0.15) is 5.56 Å². The standard InChI is InChI=1S/C18H13F3N4O2S/c19-18(20,21)12-3-2-8-24-16(12)27-15-13(25-17(22)26)4-1-5-14(15)28-11-6-9-23-10-7-11/h1-10H,(H3,22,25,26). The normalized spacial score (nSPS) is 11.1. The van der Waals surface area contributed by atoms with E-state index in [4.69, 9.17) is 10.5 Å². The minimum absolute atomic E-state index is 0.00712. The number of hydrogen-bond donors (Lipinski definition) is 2. The van der Waals surface area contributed by atoms with E-state index < -0.39 is 23.7 Å². The van der Waals surface area contributed by atoms with Crippen molar-refractivity contribution in [2.24, 2.45) is 5.73 Å². The molecule has 2 heterocycles. The number of urea groups is 1. The molecular weight excluding hydrogens is 393 g/mol. The molecule has 3 rings (SSSR count). The lowest BCUT2D eigenvalue weighted by atomic mass is 10.2. The molecule has 0 radical (unpaired) electrons. The fraction of sp³-hybridized carbons (Fsp3) is 0.0556. The summed E-state index contributed by atoms with van der Waals surface area (Å²) in [6, 6.07) is 9.32. The van der Waals surface area contributed by atoms with Gasteiger partial charge in [-0.05, 0) is 36.4 Å². The molecule has 0 saturated heterocycles. The van der Waals surface area contributed by atoms with Gasteiger partial charge in [0.1, 0.15) is 5.56 Å². The number of aromatic nitrogens is 2. The zero-order valence-electron chi connectivity index (χ0n) is 14.1. The molecule has 3 aromatic rings. The van der Waals surface area contributed by atoms with E-state index >= 15 is 0 Å². The second-order valence-corrected chi connectivity index (χ2v) is 6.48. The SMILES string of the molecule is NC(=O)Nc1cccc(Sc2ccncc2)c1Oc1ncccc1C(F)(F)F. The van der Waals surface area contributed by atoms with Crippen LogP contribution in [0, 0.1) is 0 Å². The highest BCUT2D eigenvalue weighted by Crippen LogP contribution is 2.44. The summed E-state index contributed by atoms with van der Waals surface area (Å²) in [7, 11) is 0. The van der Waals surface area contributed by atoms with Gasteiger partial charge in [-0.15, -0.1) is 0 Å². The second kappa shape index (κ2) is 8.17. The molecule has 28 heavy (non-hydrogen) atoms. The molecule has 2 amide bonds. The third-order valence-electron chi connectivity index (χ3n) is 3.39. The zero-order valence-corrected chi connectivity index (χ0v) is 14.9. The Labute approximate surface area is 161 Å². The summed E-state index contributed by atoms with van der Waals surface area (Å²) in [6.45, 7) is 0. The maximum atomic E-state index is 13.3. The van der Waals surface area contributed by atoms with Gasteiger partial charge < -0.3 is 15.8 Å². The first-order valence-electron chi connectivity index (χ1n) is 7.82. The van der Waals surface area contributed by atoms with Crippen LogP contribution in [-0.2, 0) is 6.18 Å². The Hall–Kier alpha value is -3.27. The van der Waals surface area contributed by atoms with E-state index in [0.29, 0.717) is 4.90 Å². The van der Waals surface area contributed by atoms with Crippen molar-refractivity contribution in [3.63, 3.8) is 0 Å². The highest BCUT2D eigenvalue weighted by atomic mass is 32.2. The summed E-state index contributed by atoms with van der Waals surface area (Å²) >= 11 is 1.22. The molecule has 10 heteroatoms. The molecule has 0 aliphatic rings. The second-order valence-electron chi connectivity index (χ2n) is 5.36. The number of nitrogens with one attached hydrogen (secondary N) is 1. The van der Waals surface area contributed by atoms with Crippen molar-refractivity contribution in [1.82, 2.24) is 9.97 Å². The molecule has 3 N–H and O–H groups in total. The average Bonchev–Trinajstić information content (AvgIpc) is 2.64. The number of halogens is 3. The number of primary amides is 1. The number of nitrogens with zero attached hydrogens (tertiary/aromatic N) is 2. The first-order chi connectivity index (χ1) is 13.3. The third-order valence-corrected chi connectivity index (χ3v) is 4.44. The van der Waals surface area contributed by atoms with Crippen LogP contribution < -0.4 is 15.8 Å². The van der Waals surface area contributed by atoms with E-state index in [1.807, 2.05) is 0 Å². The highest BCUT2D eigenvalue weighted by Gasteiger charge is 2.35. The summed E-state index contributed by atoms with van der Waals surface area (Å²) in [5.41, 5.74) is 4.25. The first kappa shape index (κ1) is 19.5. The number of benzene rings is 1. The van der Waals surface area contributed by atoms with Gasteiger partial charge in [-0.3, -0.25) is 4.98 Å². The predicted molar refractivity (Wildman–Crippen MR) is 97.3 cm³/mol. The van der Waals surface area contributed by atoms with Gasteiger partial charge >= 0.3 is 12.2 Å². The molecule has 0 atom stereocenters. The van der Waals surface area contributed by atoms with E-state index in [0.717, 1.165) is 17.0 Å². The van der Waals surface area contributed by atoms with Gasteiger partial charge in [0, 0.05) is 23.5 Å². The maximum absolute atomic E-state index is 13.3. The van der Waals surface area contributed by atoms with Gasteiger partial charge in [-0.25, -0.2) is 9.78 Å². The van der Waals surface area contributed by atoms with Crippen LogP contribution in [-0.4, -0.2) is 16.0 Å². The quantitative estimate of drug-likeness (QED) is 0.627. The van der Waals surface area contributed by atoms with E-state index in [-0.39, 0.29) is 11.4 Å². The summed E-state index contributed by atoms with van der Waals surface area (Å²) in [6.07, 6.45) is -0.317. The Morgan fingerprint density at radius 3 is 2.50 bits per heavy atom. The number of pyridine rings is 2. The van der Waals surface area contributed by atoms with Crippen molar-refractivity contribution >= 4 is 23.5 Å². The van der Waals surface area contributed by atoms with E-state index in [1.165, 1.54) is 24.0 Å². The first-order valence-corrected chi connectivity index (χ1v) is 8.63. The molecule has 0 fully saturated rings. The Morgan fingerprint density at radius 1 is 1.07 bits per heavy atom. The molecule has 1 aromatic carbocycles. The van der Waals surface area contributed by atoms with Crippen molar-refractivity contribution in [3.8, 4) is 11.6 Å². The topological polar surface area (TPSA) is 90.1 Å². The number of nitrogens with two attached hydrogens (primary N) is 1. The van der Waals surface area contributed by atoms with Gasteiger partial charge in [0.05, 0.1) is 10.6 Å². The number of carbonyl (C=O) groups is 1. The fourth-order valence-corrected chi connectivity index (χ4v) is 3.15. The number of ether oxygens (including phenoxy) is 1. The highest BCUT2D eigenvalue weighted by molar-refractivity contribution is 7.99. The molecule has 0 aliphatic heterocycles. The molecule has 0 aliphatic carbocycles. The Morgan fingerprint density at radius 2 is 1.82 bits per heavy atom. The number of anilines is 1. The van der Waals surface area contributed by atoms with Crippen LogP contribution in [0.2, 0.25) is 0 Å². The minimum Gasteiger partial charge on any atom is -0.435 e. The lowest BCUT2D eigenvalue weighted by Crippen LogP contribution is -2.20. The zero-order chi connectivity index (χ0) is 20.1. The predicted octanol–water partition coefficient (Wildman–Crippen LogP) is 4.93. The molecule has 0 bridgehead atoms. The van der Waals surface area contributed by atoms with E-state index in [9.17, 15) is 18.0 Å². The Bertz CT molecular complexity index is 984. The number of rotatable bonds is 5. The van der Waals surface area contributed by atoms with Gasteiger partial charge in [-0.1, -0.05) is 17.8 Å². The van der Waals surface area contributed by atoms with E-state index in [2.05, 4.69) is 15.3 Å². The number of para-hydroxylation sites is 1. The molecule has 6 nitrogen and oxygen atoms in total. The van der Waals surface area contributed by atoms with Gasteiger partial charge in [-0.2, -0.15) is 13.2 Å². The van der Waals surface area contributed by atoms with Crippen molar-refractivity contribution in [1.29, 1.82) is 0 Å². The van der Waals surface area contributed by atoms with Gasteiger partial charge in [0.2, 0.25) is 5.88 Å². The van der Waals surface area contributed by atoms with Crippen LogP contribution in [0.25, 0.3) is 0 Å². The van der Waals surface area contributed by atoms with Crippen molar-refractivity contribution < 1.29 is 22.7 Å². The van der Waals surface area contributed by atoms with Crippen LogP contribution >= 0.6 is 11.8 Å². The Balaban J connectivity index is 2.06. The number of alkyl halides is 3. The van der Waals surface area contributed by atoms with Gasteiger partial charge in [0.25, 0.3) is 0 Å². The molecule has 144 valence electrons. The summed E-state index contributed by atoms with van der Waals surface area (Å²) in [5.74, 6) is -0.641. The lowest BCUT2D eigenvalue weighted by molar-refractivity contribution is -0.138. The molecule has 0 saturated carbocycles. The minimum atomic E-state index is -4.66. The smallest absolute Gasteiger partial charge is 0.421 e. The Kier molecular flexibility index (Phi) is 5.69. The monoisotopic (exact) mass is 406 g/mol. The van der Waals surface area contributed by atoms with Crippen LogP contribution in [0.5, 0.6) is 11.6 Å². The molecule has 2 aromatic heterocycles. The van der Waals surface area contributed by atoms with E-state index in [1.54, 1.807) is 36.7 Å². The van der Waals surface area contributed by atoms with Crippen molar-refractivity contribution in [3.05, 3.63) is 66.6 Å². The maximum Gasteiger partial charge on any atom is 0.421 e. The third kappa shape index (κ3) is 4.71. The largest absolute Gasteiger partial charge is 0.435 e. The van der Waals surface area contributed by atoms with Crippen LogP contribution in [0.15, 0.2) is 70.8 Å². The molecular formula is C18H13F3N4O2S. The van der Waals surface area contributed by atoms with Crippen molar-refractivity contribution in [2.75, 3.05) is 5.32 Å². The van der Waals surface area contributed by atoms with Gasteiger partial charge in [0.15, 0.2) is 5.75 Å². The number of amides is 2. The average molecular weight is 406 g/mol. The number of carbonyl (C=O) groups excluding carboxylic acids is 1. The van der Waals surface area contributed by atoms with Crippen LogP contribution in [0.3, 0.4) is 0 Å². The summed E-state index contributed by atoms with van der Waals surface area (Å²) in [4.78, 5) is 20.2. The van der Waals surface area contributed by atoms with Crippen LogP contribution in [0.4, 0.5) is 23.7 Å².